The average molecular weight is 382 g/mol. The Morgan fingerprint density at radius 3 is 2.83 bits per heavy atom. The third-order valence-electron chi connectivity index (χ3n) is 4.49. The predicted molar refractivity (Wildman–Crippen MR) is 93.4 cm³/mol. The van der Waals surface area contributed by atoms with E-state index in [4.69, 9.17) is 5.11 Å². The van der Waals surface area contributed by atoms with E-state index < -0.39 is 5.97 Å². The molecule has 0 spiro atoms. The number of halogens is 1. The number of carboxylic acids is 1. The van der Waals surface area contributed by atoms with E-state index in [0.717, 1.165) is 30.3 Å². The maximum atomic E-state index is 12.4. The molecule has 5 heteroatoms. The molecule has 1 fully saturated rings. The lowest BCUT2D eigenvalue weighted by atomic mass is 9.93. The van der Waals surface area contributed by atoms with Crippen molar-refractivity contribution in [2.24, 2.45) is 5.92 Å². The van der Waals surface area contributed by atoms with Gasteiger partial charge in [0.05, 0.1) is 0 Å². The molecule has 1 heterocycles. The van der Waals surface area contributed by atoms with Crippen molar-refractivity contribution >= 4 is 27.8 Å². The first-order valence-corrected chi connectivity index (χ1v) is 8.99. The highest BCUT2D eigenvalue weighted by Gasteiger charge is 2.23. The van der Waals surface area contributed by atoms with E-state index in [0.29, 0.717) is 25.3 Å². The van der Waals surface area contributed by atoms with Crippen LogP contribution in [0.15, 0.2) is 22.7 Å². The predicted octanol–water partition coefficient (Wildman–Crippen LogP) is 3.79. The van der Waals surface area contributed by atoms with E-state index in [9.17, 15) is 9.59 Å². The molecule has 0 bridgehead atoms. The molecule has 2 rings (SSSR count). The molecular formula is C18H24BrNO3. The normalized spacial score (nSPS) is 18.0. The summed E-state index contributed by atoms with van der Waals surface area (Å²) >= 11 is 3.49. The number of carbonyl (C=O) groups excluding carboxylic acids is 1. The smallest absolute Gasteiger partial charge is 0.303 e. The summed E-state index contributed by atoms with van der Waals surface area (Å²) < 4.78 is 1.09. The van der Waals surface area contributed by atoms with Crippen molar-refractivity contribution in [1.82, 2.24) is 4.90 Å². The van der Waals surface area contributed by atoms with Crippen LogP contribution in [0.4, 0.5) is 0 Å². The molecule has 1 N–H and O–H groups in total. The van der Waals surface area contributed by atoms with Gasteiger partial charge in [-0.05, 0) is 55.7 Å². The number of aryl methyl sites for hydroxylation is 2. The number of piperidine rings is 1. The Hall–Kier alpha value is -1.36. The molecule has 1 aromatic rings. The van der Waals surface area contributed by atoms with Gasteiger partial charge in [-0.3, -0.25) is 9.59 Å². The van der Waals surface area contributed by atoms with Gasteiger partial charge < -0.3 is 10.0 Å². The van der Waals surface area contributed by atoms with Crippen LogP contribution in [0.2, 0.25) is 0 Å². The Morgan fingerprint density at radius 2 is 2.13 bits per heavy atom. The number of likely N-dealkylation sites (tertiary alicyclic amines) is 1. The first-order valence-electron chi connectivity index (χ1n) is 8.20. The van der Waals surface area contributed by atoms with Crippen molar-refractivity contribution in [2.75, 3.05) is 13.1 Å². The van der Waals surface area contributed by atoms with Crippen LogP contribution in [0.3, 0.4) is 0 Å². The van der Waals surface area contributed by atoms with Crippen molar-refractivity contribution in [2.45, 2.75) is 45.4 Å². The van der Waals surface area contributed by atoms with Gasteiger partial charge >= 0.3 is 5.97 Å². The fourth-order valence-corrected chi connectivity index (χ4v) is 3.37. The zero-order valence-electron chi connectivity index (χ0n) is 13.6. The van der Waals surface area contributed by atoms with E-state index in [-0.39, 0.29) is 12.3 Å². The van der Waals surface area contributed by atoms with Gasteiger partial charge in [-0.25, -0.2) is 0 Å². The lowest BCUT2D eigenvalue weighted by molar-refractivity contribution is -0.137. The number of carbonyl (C=O) groups is 2. The minimum Gasteiger partial charge on any atom is -0.481 e. The summed E-state index contributed by atoms with van der Waals surface area (Å²) in [5, 5.41) is 8.79. The van der Waals surface area contributed by atoms with Crippen molar-refractivity contribution in [3.05, 3.63) is 33.8 Å². The quantitative estimate of drug-likeness (QED) is 0.815. The number of hydrogen-bond acceptors (Lipinski definition) is 2. The minimum atomic E-state index is -0.751. The van der Waals surface area contributed by atoms with Crippen molar-refractivity contribution in [3.8, 4) is 0 Å². The number of amides is 1. The molecule has 1 saturated heterocycles. The number of rotatable bonds is 6. The highest BCUT2D eigenvalue weighted by Crippen LogP contribution is 2.22. The highest BCUT2D eigenvalue weighted by molar-refractivity contribution is 9.10. The van der Waals surface area contributed by atoms with Crippen LogP contribution in [0.25, 0.3) is 0 Å². The van der Waals surface area contributed by atoms with Gasteiger partial charge in [-0.1, -0.05) is 28.1 Å². The van der Waals surface area contributed by atoms with Gasteiger partial charge in [-0.2, -0.15) is 0 Å². The zero-order chi connectivity index (χ0) is 16.8. The van der Waals surface area contributed by atoms with Crippen molar-refractivity contribution in [1.29, 1.82) is 0 Å². The average Bonchev–Trinajstić information content (AvgIpc) is 2.54. The molecule has 23 heavy (non-hydrogen) atoms. The molecule has 1 amide bonds. The fourth-order valence-electron chi connectivity index (χ4n) is 3.13. The summed E-state index contributed by atoms with van der Waals surface area (Å²) in [6.45, 7) is 3.57. The van der Waals surface area contributed by atoms with E-state index in [1.807, 2.05) is 17.9 Å². The molecule has 0 aromatic heterocycles. The molecule has 0 saturated carbocycles. The van der Waals surface area contributed by atoms with Gasteiger partial charge in [0.15, 0.2) is 0 Å². The lowest BCUT2D eigenvalue weighted by Gasteiger charge is -2.32. The number of hydrogen-bond donors (Lipinski definition) is 1. The molecule has 4 nitrogen and oxygen atoms in total. The maximum absolute atomic E-state index is 12.4. The van der Waals surface area contributed by atoms with Crippen LogP contribution in [0.1, 0.15) is 43.2 Å². The minimum absolute atomic E-state index is 0.186. The molecule has 1 aliphatic heterocycles. The third kappa shape index (κ3) is 5.65. The lowest BCUT2D eigenvalue weighted by Crippen LogP contribution is -2.40. The Morgan fingerprint density at radius 1 is 1.35 bits per heavy atom. The Balaban J connectivity index is 1.82. The zero-order valence-corrected chi connectivity index (χ0v) is 15.1. The van der Waals surface area contributed by atoms with E-state index in [2.05, 4.69) is 28.1 Å². The largest absolute Gasteiger partial charge is 0.481 e. The third-order valence-corrected chi connectivity index (χ3v) is 5.38. The fraction of sp³-hybridized carbons (Fsp3) is 0.556. The number of benzene rings is 1. The van der Waals surface area contributed by atoms with E-state index in [1.54, 1.807) is 0 Å². The SMILES string of the molecule is Cc1cc(CCC(=O)N2CCCC(CCC(=O)O)C2)ccc1Br. The summed E-state index contributed by atoms with van der Waals surface area (Å²) in [6.07, 6.45) is 4.16. The highest BCUT2D eigenvalue weighted by atomic mass is 79.9. The monoisotopic (exact) mass is 381 g/mol. The Bertz CT molecular complexity index is 573. The van der Waals surface area contributed by atoms with Gasteiger partial charge in [-0.15, -0.1) is 0 Å². The first-order chi connectivity index (χ1) is 11.0. The van der Waals surface area contributed by atoms with Gasteiger partial charge in [0.2, 0.25) is 5.91 Å². The summed E-state index contributed by atoms with van der Waals surface area (Å²) in [4.78, 5) is 25.0. The second-order valence-corrected chi connectivity index (χ2v) is 7.22. The van der Waals surface area contributed by atoms with Crippen LogP contribution >= 0.6 is 15.9 Å². The molecule has 1 atom stereocenters. The first kappa shape index (κ1) is 18.0. The standard InChI is InChI=1S/C18H24BrNO3/c1-13-11-14(4-7-16(13)19)5-8-17(21)20-10-2-3-15(12-20)6-9-18(22)23/h4,7,11,15H,2-3,5-6,8-10,12H2,1H3,(H,22,23). The number of carboxylic acid groups (broad SMARTS) is 1. The summed E-state index contributed by atoms with van der Waals surface area (Å²) in [5.41, 5.74) is 2.36. The van der Waals surface area contributed by atoms with E-state index >= 15 is 0 Å². The molecule has 0 aliphatic carbocycles. The van der Waals surface area contributed by atoms with Crippen LogP contribution in [-0.4, -0.2) is 35.0 Å². The van der Waals surface area contributed by atoms with Gasteiger partial charge in [0.1, 0.15) is 0 Å². The summed E-state index contributed by atoms with van der Waals surface area (Å²) in [7, 11) is 0. The van der Waals surface area contributed by atoms with Crippen LogP contribution in [0.5, 0.6) is 0 Å². The van der Waals surface area contributed by atoms with Gasteiger partial charge in [0, 0.05) is 30.4 Å². The Labute approximate surface area is 146 Å². The van der Waals surface area contributed by atoms with Gasteiger partial charge in [0.25, 0.3) is 0 Å². The Kier molecular flexibility index (Phi) is 6.63. The summed E-state index contributed by atoms with van der Waals surface area (Å²) in [5.74, 6) is -0.233. The topological polar surface area (TPSA) is 57.6 Å². The molecule has 1 unspecified atom stereocenters. The van der Waals surface area contributed by atoms with Crippen LogP contribution in [-0.2, 0) is 16.0 Å². The van der Waals surface area contributed by atoms with Crippen molar-refractivity contribution < 1.29 is 14.7 Å². The summed E-state index contributed by atoms with van der Waals surface area (Å²) in [6, 6.07) is 6.19. The van der Waals surface area contributed by atoms with E-state index in [1.165, 1.54) is 11.1 Å². The second-order valence-electron chi connectivity index (χ2n) is 6.36. The number of aliphatic carboxylic acids is 1. The second kappa shape index (κ2) is 8.48. The molecule has 0 radical (unpaired) electrons. The van der Waals surface area contributed by atoms with Crippen molar-refractivity contribution in [3.63, 3.8) is 0 Å². The maximum Gasteiger partial charge on any atom is 0.303 e. The van der Waals surface area contributed by atoms with Crippen LogP contribution < -0.4 is 0 Å². The molecule has 1 aliphatic rings. The number of nitrogens with zero attached hydrogens (tertiary/aromatic N) is 1. The molecule has 126 valence electrons. The molecular weight excluding hydrogens is 358 g/mol. The molecule has 1 aromatic carbocycles. The van der Waals surface area contributed by atoms with Crippen LogP contribution in [0, 0.1) is 12.8 Å².